The molecule has 0 amide bonds. The number of carbonyl (C=O) groups excluding carboxylic acids is 1. The van der Waals surface area contributed by atoms with E-state index in [2.05, 4.69) is 5.10 Å². The second-order valence-corrected chi connectivity index (χ2v) is 2.42. The van der Waals surface area contributed by atoms with E-state index in [1.54, 1.807) is 18.5 Å². The van der Waals surface area contributed by atoms with Crippen LogP contribution in [-0.4, -0.2) is 22.4 Å². The van der Waals surface area contributed by atoms with Crippen LogP contribution in [0.25, 0.3) is 0 Å². The van der Waals surface area contributed by atoms with Crippen molar-refractivity contribution in [3.63, 3.8) is 0 Å². The molecule has 4 nitrogen and oxygen atoms in total. The fraction of sp³-hybridized carbons (Fsp3) is 0.500. The van der Waals surface area contributed by atoms with Gasteiger partial charge in [0.2, 0.25) is 0 Å². The van der Waals surface area contributed by atoms with Crippen LogP contribution in [0.15, 0.2) is 18.5 Å². The van der Waals surface area contributed by atoms with E-state index < -0.39 is 0 Å². The minimum Gasteiger partial charge on any atom is -0.464 e. The van der Waals surface area contributed by atoms with Crippen molar-refractivity contribution in [2.24, 2.45) is 0 Å². The first-order valence-corrected chi connectivity index (χ1v) is 3.96. The van der Waals surface area contributed by atoms with Crippen LogP contribution < -0.4 is 0 Å². The van der Waals surface area contributed by atoms with Gasteiger partial charge in [-0.15, -0.1) is 0 Å². The molecule has 0 aliphatic carbocycles. The Hall–Kier alpha value is -1.32. The average Bonchev–Trinajstić information content (AvgIpc) is 2.53. The van der Waals surface area contributed by atoms with Crippen molar-refractivity contribution in [1.82, 2.24) is 9.78 Å². The summed E-state index contributed by atoms with van der Waals surface area (Å²) < 4.78 is 6.40. The van der Waals surface area contributed by atoms with Gasteiger partial charge in [0, 0.05) is 12.4 Å². The van der Waals surface area contributed by atoms with E-state index in [1.165, 1.54) is 4.68 Å². The summed E-state index contributed by atoms with van der Waals surface area (Å²) in [6.45, 7) is 2.65. The van der Waals surface area contributed by atoms with E-state index in [9.17, 15) is 4.79 Å². The molecule has 1 rings (SSSR count). The van der Waals surface area contributed by atoms with Crippen molar-refractivity contribution >= 4 is 5.97 Å². The highest BCUT2D eigenvalue weighted by Gasteiger charge is 2.02. The first kappa shape index (κ1) is 8.77. The zero-order valence-corrected chi connectivity index (χ0v) is 7.06. The van der Waals surface area contributed by atoms with Crippen LogP contribution in [0, 0.1) is 0 Å². The summed E-state index contributed by atoms with van der Waals surface area (Å²) in [6.07, 6.45) is 4.21. The molecule has 66 valence electrons. The SMILES string of the molecule is CCCOC(=O)Cn1cccn1. The van der Waals surface area contributed by atoms with Gasteiger partial charge in [0.15, 0.2) is 0 Å². The molecule has 0 aliphatic rings. The Balaban J connectivity index is 2.27. The molecule has 0 bridgehead atoms. The molecule has 0 N–H and O–H groups in total. The molecule has 0 aliphatic heterocycles. The van der Waals surface area contributed by atoms with Crippen molar-refractivity contribution in [3.05, 3.63) is 18.5 Å². The Morgan fingerprint density at radius 3 is 3.08 bits per heavy atom. The molecule has 0 spiro atoms. The van der Waals surface area contributed by atoms with Crippen LogP contribution in [0.2, 0.25) is 0 Å². The van der Waals surface area contributed by atoms with E-state index in [-0.39, 0.29) is 12.5 Å². The number of nitrogens with zero attached hydrogens (tertiary/aromatic N) is 2. The quantitative estimate of drug-likeness (QED) is 0.625. The minimum absolute atomic E-state index is 0.201. The van der Waals surface area contributed by atoms with Gasteiger partial charge in [0.1, 0.15) is 6.54 Å². The maximum atomic E-state index is 11.0. The Morgan fingerprint density at radius 1 is 1.67 bits per heavy atom. The van der Waals surface area contributed by atoms with E-state index in [4.69, 9.17) is 4.74 Å². The minimum atomic E-state index is -0.236. The topological polar surface area (TPSA) is 44.1 Å². The monoisotopic (exact) mass is 168 g/mol. The molecule has 0 radical (unpaired) electrons. The maximum absolute atomic E-state index is 11.0. The fourth-order valence-electron chi connectivity index (χ4n) is 0.788. The molecular weight excluding hydrogens is 156 g/mol. The van der Waals surface area contributed by atoms with Gasteiger partial charge in [-0.3, -0.25) is 9.48 Å². The maximum Gasteiger partial charge on any atom is 0.327 e. The summed E-state index contributed by atoms with van der Waals surface area (Å²) in [5, 5.41) is 3.88. The third kappa shape index (κ3) is 2.74. The molecule has 0 fully saturated rings. The van der Waals surface area contributed by atoms with Crippen LogP contribution in [0.1, 0.15) is 13.3 Å². The van der Waals surface area contributed by atoms with Crippen molar-refractivity contribution in [3.8, 4) is 0 Å². The summed E-state index contributed by atoms with van der Waals surface area (Å²) in [7, 11) is 0. The van der Waals surface area contributed by atoms with Gasteiger partial charge in [-0.05, 0) is 12.5 Å². The van der Waals surface area contributed by atoms with Crippen LogP contribution in [0.4, 0.5) is 0 Å². The van der Waals surface area contributed by atoms with Crippen molar-refractivity contribution in [2.75, 3.05) is 6.61 Å². The molecule has 1 aromatic heterocycles. The van der Waals surface area contributed by atoms with Gasteiger partial charge in [-0.1, -0.05) is 6.92 Å². The highest BCUT2D eigenvalue weighted by atomic mass is 16.5. The molecule has 0 saturated heterocycles. The second kappa shape index (κ2) is 4.54. The fourth-order valence-corrected chi connectivity index (χ4v) is 0.788. The van der Waals surface area contributed by atoms with Gasteiger partial charge in [0.05, 0.1) is 6.61 Å². The number of hydrogen-bond donors (Lipinski definition) is 0. The molecule has 4 heteroatoms. The predicted octanol–water partition coefficient (Wildman–Crippen LogP) is 0.836. The van der Waals surface area contributed by atoms with Crippen LogP contribution in [-0.2, 0) is 16.1 Å². The van der Waals surface area contributed by atoms with E-state index in [0.717, 1.165) is 6.42 Å². The highest BCUT2D eigenvalue weighted by molar-refractivity contribution is 5.68. The van der Waals surface area contributed by atoms with Crippen LogP contribution >= 0.6 is 0 Å². The normalized spacial score (nSPS) is 9.75. The molecule has 1 aromatic rings. The summed E-state index contributed by atoms with van der Waals surface area (Å²) >= 11 is 0. The summed E-state index contributed by atoms with van der Waals surface area (Å²) in [5.74, 6) is -0.236. The number of carbonyl (C=O) groups is 1. The molecule has 0 saturated carbocycles. The van der Waals surface area contributed by atoms with E-state index >= 15 is 0 Å². The summed E-state index contributed by atoms with van der Waals surface area (Å²) in [4.78, 5) is 11.0. The van der Waals surface area contributed by atoms with Gasteiger partial charge in [-0.2, -0.15) is 5.10 Å². The Labute approximate surface area is 71.1 Å². The lowest BCUT2D eigenvalue weighted by Crippen LogP contribution is -2.14. The zero-order valence-electron chi connectivity index (χ0n) is 7.06. The predicted molar refractivity (Wildman–Crippen MR) is 43.5 cm³/mol. The van der Waals surface area contributed by atoms with Gasteiger partial charge >= 0.3 is 5.97 Å². The number of hydrogen-bond acceptors (Lipinski definition) is 3. The Morgan fingerprint density at radius 2 is 2.50 bits per heavy atom. The molecule has 0 aromatic carbocycles. The smallest absolute Gasteiger partial charge is 0.327 e. The van der Waals surface area contributed by atoms with Crippen LogP contribution in [0.3, 0.4) is 0 Å². The lowest BCUT2D eigenvalue weighted by atomic mass is 10.5. The molecule has 12 heavy (non-hydrogen) atoms. The number of ether oxygens (including phenoxy) is 1. The lowest BCUT2D eigenvalue weighted by molar-refractivity contribution is -0.144. The molecule has 0 atom stereocenters. The number of aromatic nitrogens is 2. The van der Waals surface area contributed by atoms with E-state index in [1.807, 2.05) is 6.92 Å². The van der Waals surface area contributed by atoms with Gasteiger partial charge in [0.25, 0.3) is 0 Å². The van der Waals surface area contributed by atoms with Crippen molar-refractivity contribution in [1.29, 1.82) is 0 Å². The molecule has 0 unspecified atom stereocenters. The Bertz CT molecular complexity index is 231. The third-order valence-electron chi connectivity index (χ3n) is 1.32. The number of rotatable bonds is 4. The summed E-state index contributed by atoms with van der Waals surface area (Å²) in [5.41, 5.74) is 0. The average molecular weight is 168 g/mol. The molecular formula is C8H12N2O2. The molecule has 1 heterocycles. The second-order valence-electron chi connectivity index (χ2n) is 2.42. The highest BCUT2D eigenvalue weighted by Crippen LogP contribution is 1.88. The largest absolute Gasteiger partial charge is 0.464 e. The lowest BCUT2D eigenvalue weighted by Gasteiger charge is -2.02. The standard InChI is InChI=1S/C8H12N2O2/c1-2-6-12-8(11)7-10-5-3-4-9-10/h3-5H,2,6-7H2,1H3. The first-order valence-electron chi connectivity index (χ1n) is 3.96. The van der Waals surface area contributed by atoms with Crippen LogP contribution in [0.5, 0.6) is 0 Å². The summed E-state index contributed by atoms with van der Waals surface area (Å²) in [6, 6.07) is 1.77. The van der Waals surface area contributed by atoms with Gasteiger partial charge < -0.3 is 4.74 Å². The third-order valence-corrected chi connectivity index (χ3v) is 1.32. The van der Waals surface area contributed by atoms with Crippen molar-refractivity contribution < 1.29 is 9.53 Å². The van der Waals surface area contributed by atoms with Crippen molar-refractivity contribution in [2.45, 2.75) is 19.9 Å². The Kier molecular flexibility index (Phi) is 3.32. The zero-order chi connectivity index (χ0) is 8.81. The number of esters is 1. The van der Waals surface area contributed by atoms with Gasteiger partial charge in [-0.25, -0.2) is 0 Å². The first-order chi connectivity index (χ1) is 5.83. The van der Waals surface area contributed by atoms with E-state index in [0.29, 0.717) is 6.61 Å².